The summed E-state index contributed by atoms with van der Waals surface area (Å²) in [7, 11) is 0. The lowest BCUT2D eigenvalue weighted by atomic mass is 10.1. The molecular weight excluding hydrogens is 266 g/mol. The lowest BCUT2D eigenvalue weighted by Gasteiger charge is -2.12. The van der Waals surface area contributed by atoms with Crippen molar-refractivity contribution in [1.82, 2.24) is 15.1 Å². The fraction of sp³-hybridized carbons (Fsp3) is 0.375. The Balaban J connectivity index is 1.50. The fourth-order valence-corrected chi connectivity index (χ4v) is 2.62. The summed E-state index contributed by atoms with van der Waals surface area (Å²) in [5.74, 6) is 0.885. The summed E-state index contributed by atoms with van der Waals surface area (Å²) >= 11 is 0. The van der Waals surface area contributed by atoms with Crippen molar-refractivity contribution in [3.05, 3.63) is 47.3 Å². The highest BCUT2D eigenvalue weighted by Crippen LogP contribution is 2.27. The summed E-state index contributed by atoms with van der Waals surface area (Å²) in [4.78, 5) is 12.0. The molecule has 110 valence electrons. The van der Waals surface area contributed by atoms with E-state index in [0.717, 1.165) is 23.6 Å². The molecule has 0 aliphatic carbocycles. The summed E-state index contributed by atoms with van der Waals surface area (Å²) in [5, 5.41) is 7.21. The molecular formula is C16H19N3O2. The normalized spacial score (nSPS) is 16.4. The number of fused-ring (bicyclic) bond motifs is 1. The zero-order valence-corrected chi connectivity index (χ0v) is 12.3. The molecule has 1 aromatic carbocycles. The number of ether oxygens (including phenoxy) is 1. The predicted molar refractivity (Wildman–Crippen MR) is 79.3 cm³/mol. The molecule has 1 aliphatic rings. The lowest BCUT2D eigenvalue weighted by Crippen LogP contribution is -2.36. The fourth-order valence-electron chi connectivity index (χ4n) is 2.62. The monoisotopic (exact) mass is 285 g/mol. The van der Waals surface area contributed by atoms with E-state index < -0.39 is 0 Å². The van der Waals surface area contributed by atoms with Crippen LogP contribution in [0.5, 0.6) is 5.75 Å². The molecule has 2 aromatic rings. The number of hydrogen-bond donors (Lipinski definition) is 1. The minimum absolute atomic E-state index is 0.0202. The average Bonchev–Trinajstić information content (AvgIpc) is 2.99. The van der Waals surface area contributed by atoms with Crippen LogP contribution in [0.2, 0.25) is 0 Å². The van der Waals surface area contributed by atoms with Gasteiger partial charge in [0.1, 0.15) is 18.4 Å². The molecule has 0 radical (unpaired) electrons. The zero-order valence-electron chi connectivity index (χ0n) is 12.3. The van der Waals surface area contributed by atoms with Crippen molar-refractivity contribution in [2.45, 2.75) is 32.9 Å². The van der Waals surface area contributed by atoms with E-state index in [-0.39, 0.29) is 18.6 Å². The maximum absolute atomic E-state index is 12.0. The Labute approximate surface area is 123 Å². The highest BCUT2D eigenvalue weighted by Gasteiger charge is 2.22. The van der Waals surface area contributed by atoms with Crippen LogP contribution in [0.1, 0.15) is 17.0 Å². The zero-order chi connectivity index (χ0) is 14.8. The number of nitrogens with zero attached hydrogens (tertiary/aromatic N) is 2. The Kier molecular flexibility index (Phi) is 3.64. The third kappa shape index (κ3) is 3.07. The highest BCUT2D eigenvalue weighted by molar-refractivity contribution is 5.75. The van der Waals surface area contributed by atoms with Gasteiger partial charge in [-0.05, 0) is 31.5 Å². The molecule has 1 aliphatic heterocycles. The maximum Gasteiger partial charge on any atom is 0.241 e. The second-order valence-electron chi connectivity index (χ2n) is 5.44. The molecule has 1 aromatic heterocycles. The van der Waals surface area contributed by atoms with E-state index in [9.17, 15) is 4.79 Å². The van der Waals surface area contributed by atoms with Gasteiger partial charge in [-0.15, -0.1) is 0 Å². The van der Waals surface area contributed by atoms with Gasteiger partial charge in [0.2, 0.25) is 5.91 Å². The van der Waals surface area contributed by atoms with Crippen molar-refractivity contribution >= 4 is 5.91 Å². The van der Waals surface area contributed by atoms with Crippen LogP contribution >= 0.6 is 0 Å². The van der Waals surface area contributed by atoms with E-state index in [4.69, 9.17) is 4.74 Å². The quantitative estimate of drug-likeness (QED) is 0.928. The Morgan fingerprint density at radius 2 is 2.24 bits per heavy atom. The van der Waals surface area contributed by atoms with Crippen LogP contribution in [0.15, 0.2) is 30.3 Å². The number of nitrogens with one attached hydrogen (secondary N) is 1. The van der Waals surface area contributed by atoms with Crippen LogP contribution < -0.4 is 10.1 Å². The number of hydrogen-bond acceptors (Lipinski definition) is 3. The minimum atomic E-state index is -0.0410. The van der Waals surface area contributed by atoms with E-state index >= 15 is 0 Å². The topological polar surface area (TPSA) is 56.2 Å². The molecule has 0 bridgehead atoms. The number of carbonyl (C=O) groups excluding carboxylic acids is 1. The first kappa shape index (κ1) is 13.7. The van der Waals surface area contributed by atoms with Gasteiger partial charge in [0, 0.05) is 12.1 Å². The number of rotatable bonds is 4. The summed E-state index contributed by atoms with van der Waals surface area (Å²) in [6, 6.07) is 9.96. The summed E-state index contributed by atoms with van der Waals surface area (Å²) in [5.41, 5.74) is 3.12. The molecule has 0 saturated heterocycles. The molecule has 0 saturated carbocycles. The second-order valence-corrected chi connectivity index (χ2v) is 5.44. The van der Waals surface area contributed by atoms with Crippen molar-refractivity contribution in [2.24, 2.45) is 0 Å². The number of carbonyl (C=O) groups is 1. The molecule has 21 heavy (non-hydrogen) atoms. The number of aryl methyl sites for hydroxylation is 2. The van der Waals surface area contributed by atoms with E-state index in [1.807, 2.05) is 38.1 Å². The molecule has 1 amide bonds. The van der Waals surface area contributed by atoms with E-state index in [1.54, 1.807) is 4.68 Å². The highest BCUT2D eigenvalue weighted by atomic mass is 16.5. The number of amides is 1. The van der Waals surface area contributed by atoms with Crippen molar-refractivity contribution in [1.29, 1.82) is 0 Å². The SMILES string of the molecule is Cc1cc(C)n(CC(=O)NCC2Cc3ccccc3O2)n1. The Bertz CT molecular complexity index is 638. The smallest absolute Gasteiger partial charge is 0.241 e. The molecule has 5 heteroatoms. The van der Waals surface area contributed by atoms with Crippen LogP contribution in [0, 0.1) is 13.8 Å². The molecule has 5 nitrogen and oxygen atoms in total. The number of aromatic nitrogens is 2. The van der Waals surface area contributed by atoms with Gasteiger partial charge in [-0.2, -0.15) is 5.10 Å². The first-order chi connectivity index (χ1) is 10.1. The molecule has 3 rings (SSSR count). The molecule has 0 spiro atoms. The summed E-state index contributed by atoms with van der Waals surface area (Å²) in [6.07, 6.45) is 0.864. The Hall–Kier alpha value is -2.30. The third-order valence-corrected chi connectivity index (χ3v) is 3.64. The second kappa shape index (κ2) is 5.60. The first-order valence-corrected chi connectivity index (χ1v) is 7.14. The predicted octanol–water partition coefficient (Wildman–Crippen LogP) is 1.62. The first-order valence-electron chi connectivity index (χ1n) is 7.14. The number of para-hydroxylation sites is 1. The third-order valence-electron chi connectivity index (χ3n) is 3.64. The lowest BCUT2D eigenvalue weighted by molar-refractivity contribution is -0.122. The van der Waals surface area contributed by atoms with Crippen molar-refractivity contribution in [2.75, 3.05) is 6.54 Å². The Morgan fingerprint density at radius 3 is 2.95 bits per heavy atom. The van der Waals surface area contributed by atoms with Gasteiger partial charge in [-0.25, -0.2) is 0 Å². The number of benzene rings is 1. The van der Waals surface area contributed by atoms with Gasteiger partial charge in [0.05, 0.1) is 12.2 Å². The van der Waals surface area contributed by atoms with Crippen LogP contribution in [0.3, 0.4) is 0 Å². The van der Waals surface area contributed by atoms with Crippen molar-refractivity contribution in [3.63, 3.8) is 0 Å². The van der Waals surface area contributed by atoms with E-state index in [2.05, 4.69) is 16.5 Å². The van der Waals surface area contributed by atoms with Crippen LogP contribution in [-0.2, 0) is 17.8 Å². The molecule has 0 fully saturated rings. The van der Waals surface area contributed by atoms with Gasteiger partial charge in [0.25, 0.3) is 0 Å². The van der Waals surface area contributed by atoms with Gasteiger partial charge in [0.15, 0.2) is 0 Å². The standard InChI is InChI=1S/C16H19N3O2/c1-11-7-12(2)19(18-11)10-16(20)17-9-14-8-13-5-3-4-6-15(13)21-14/h3-7,14H,8-10H2,1-2H3,(H,17,20). The molecule has 2 heterocycles. The largest absolute Gasteiger partial charge is 0.488 e. The Morgan fingerprint density at radius 1 is 1.43 bits per heavy atom. The summed E-state index contributed by atoms with van der Waals surface area (Å²) < 4.78 is 7.52. The van der Waals surface area contributed by atoms with Crippen molar-refractivity contribution < 1.29 is 9.53 Å². The van der Waals surface area contributed by atoms with Crippen LogP contribution in [-0.4, -0.2) is 28.3 Å². The van der Waals surface area contributed by atoms with E-state index in [0.29, 0.717) is 6.54 Å². The van der Waals surface area contributed by atoms with Gasteiger partial charge < -0.3 is 10.1 Å². The summed E-state index contributed by atoms with van der Waals surface area (Å²) in [6.45, 7) is 4.64. The van der Waals surface area contributed by atoms with Crippen molar-refractivity contribution in [3.8, 4) is 5.75 Å². The van der Waals surface area contributed by atoms with Gasteiger partial charge in [-0.1, -0.05) is 18.2 Å². The molecule has 1 N–H and O–H groups in total. The van der Waals surface area contributed by atoms with Crippen LogP contribution in [0.25, 0.3) is 0 Å². The van der Waals surface area contributed by atoms with Crippen LogP contribution in [0.4, 0.5) is 0 Å². The van der Waals surface area contributed by atoms with Gasteiger partial charge in [-0.3, -0.25) is 9.48 Å². The molecule has 1 unspecified atom stereocenters. The minimum Gasteiger partial charge on any atom is -0.488 e. The van der Waals surface area contributed by atoms with Gasteiger partial charge >= 0.3 is 0 Å². The maximum atomic E-state index is 12.0. The molecule has 1 atom stereocenters. The average molecular weight is 285 g/mol. The van der Waals surface area contributed by atoms with E-state index in [1.165, 1.54) is 5.56 Å².